The number of halogens is 1. The number of hydrogen-bond donors (Lipinski definition) is 1. The Balaban J connectivity index is 1.98. The van der Waals surface area contributed by atoms with Crippen LogP contribution in [-0.4, -0.2) is 17.8 Å². The van der Waals surface area contributed by atoms with Crippen molar-refractivity contribution >= 4 is 21.8 Å². The molecule has 18 heavy (non-hydrogen) atoms. The number of rotatable bonds is 4. The van der Waals surface area contributed by atoms with Crippen molar-refractivity contribution in [3.8, 4) is 0 Å². The van der Waals surface area contributed by atoms with Crippen molar-refractivity contribution in [1.29, 1.82) is 0 Å². The fraction of sp³-hybridized carbons (Fsp3) is 0.533. The molecule has 0 saturated heterocycles. The molecule has 2 rings (SSSR count). The van der Waals surface area contributed by atoms with Crippen LogP contribution in [0.5, 0.6) is 0 Å². The van der Waals surface area contributed by atoms with Gasteiger partial charge in [-0.3, -0.25) is 4.79 Å². The average Bonchev–Trinajstić information content (AvgIpc) is 2.86. The number of carbonyl (C=O) groups is 1. The van der Waals surface area contributed by atoms with E-state index < -0.39 is 0 Å². The molecule has 0 radical (unpaired) electrons. The number of alkyl halides is 1. The molecule has 1 amide bonds. The van der Waals surface area contributed by atoms with Crippen LogP contribution in [0.3, 0.4) is 0 Å². The summed E-state index contributed by atoms with van der Waals surface area (Å²) in [6.07, 6.45) is 5.00. The molecule has 3 heteroatoms. The van der Waals surface area contributed by atoms with Crippen molar-refractivity contribution in [1.82, 2.24) is 5.32 Å². The van der Waals surface area contributed by atoms with Crippen molar-refractivity contribution < 1.29 is 4.79 Å². The Morgan fingerprint density at radius 1 is 1.33 bits per heavy atom. The topological polar surface area (TPSA) is 29.1 Å². The van der Waals surface area contributed by atoms with Crippen LogP contribution in [0, 0.1) is 12.3 Å². The fourth-order valence-corrected chi connectivity index (χ4v) is 3.43. The first-order valence-corrected chi connectivity index (χ1v) is 7.69. The summed E-state index contributed by atoms with van der Waals surface area (Å²) >= 11 is 3.60. The molecule has 1 aromatic carbocycles. The summed E-state index contributed by atoms with van der Waals surface area (Å²) in [6, 6.07) is 7.74. The van der Waals surface area contributed by atoms with Crippen molar-refractivity contribution in [2.75, 3.05) is 11.9 Å². The molecule has 1 saturated carbocycles. The molecule has 0 bridgehead atoms. The molecule has 1 fully saturated rings. The number of nitrogens with one attached hydrogen (secondary N) is 1. The lowest BCUT2D eigenvalue weighted by molar-refractivity contribution is 0.0935. The molecule has 0 heterocycles. The summed E-state index contributed by atoms with van der Waals surface area (Å²) in [7, 11) is 0. The Labute approximate surface area is 117 Å². The Bertz CT molecular complexity index is 424. The van der Waals surface area contributed by atoms with Crippen LogP contribution in [0.2, 0.25) is 0 Å². The normalized spacial score (nSPS) is 17.7. The highest BCUT2D eigenvalue weighted by Crippen LogP contribution is 2.38. The molecule has 1 N–H and O–H groups in total. The smallest absolute Gasteiger partial charge is 0.251 e. The van der Waals surface area contributed by atoms with E-state index in [9.17, 15) is 4.79 Å². The van der Waals surface area contributed by atoms with Crippen LogP contribution in [0.15, 0.2) is 24.3 Å². The minimum absolute atomic E-state index is 0.0559. The lowest BCUT2D eigenvalue weighted by Crippen LogP contribution is -2.37. The zero-order valence-corrected chi connectivity index (χ0v) is 12.4. The lowest BCUT2D eigenvalue weighted by Gasteiger charge is -2.26. The second-order valence-electron chi connectivity index (χ2n) is 5.34. The Hall–Kier alpha value is -0.830. The van der Waals surface area contributed by atoms with Gasteiger partial charge in [-0.25, -0.2) is 0 Å². The van der Waals surface area contributed by atoms with Gasteiger partial charge in [-0.1, -0.05) is 47.0 Å². The standard InChI is InChI=1S/C15H20BrNO/c1-12-6-2-3-7-13(12)14(18)17-11-15(10-16)8-4-5-9-15/h2-3,6-7H,4-5,8-11H2,1H3,(H,17,18). The first-order valence-electron chi connectivity index (χ1n) is 6.57. The Morgan fingerprint density at radius 2 is 2.00 bits per heavy atom. The van der Waals surface area contributed by atoms with Crippen LogP contribution in [0.4, 0.5) is 0 Å². The van der Waals surface area contributed by atoms with E-state index in [1.807, 2.05) is 31.2 Å². The first-order chi connectivity index (χ1) is 8.67. The van der Waals surface area contributed by atoms with Crippen LogP contribution in [0.25, 0.3) is 0 Å². The molecule has 0 aromatic heterocycles. The summed E-state index contributed by atoms with van der Waals surface area (Å²) in [5.74, 6) is 0.0559. The van der Waals surface area contributed by atoms with Crippen LogP contribution in [-0.2, 0) is 0 Å². The molecular formula is C15H20BrNO. The van der Waals surface area contributed by atoms with Gasteiger partial charge in [0.2, 0.25) is 0 Å². The zero-order chi connectivity index (χ0) is 13.0. The molecule has 98 valence electrons. The molecule has 1 aliphatic rings. The van der Waals surface area contributed by atoms with Gasteiger partial charge in [0, 0.05) is 17.4 Å². The third-order valence-electron chi connectivity index (χ3n) is 3.96. The molecule has 0 atom stereocenters. The molecular weight excluding hydrogens is 290 g/mol. The van der Waals surface area contributed by atoms with Crippen LogP contribution >= 0.6 is 15.9 Å². The highest BCUT2D eigenvalue weighted by molar-refractivity contribution is 9.09. The van der Waals surface area contributed by atoms with Gasteiger partial charge in [-0.05, 0) is 36.8 Å². The van der Waals surface area contributed by atoms with Crippen LogP contribution in [0.1, 0.15) is 41.6 Å². The summed E-state index contributed by atoms with van der Waals surface area (Å²) in [6.45, 7) is 2.76. The molecule has 0 aliphatic heterocycles. The quantitative estimate of drug-likeness (QED) is 0.845. The highest BCUT2D eigenvalue weighted by Gasteiger charge is 2.33. The third kappa shape index (κ3) is 2.94. The van der Waals surface area contributed by atoms with E-state index in [1.54, 1.807) is 0 Å². The van der Waals surface area contributed by atoms with Crippen molar-refractivity contribution in [2.24, 2.45) is 5.41 Å². The fourth-order valence-electron chi connectivity index (χ4n) is 2.67. The van der Waals surface area contributed by atoms with E-state index in [-0.39, 0.29) is 11.3 Å². The number of aryl methyl sites for hydroxylation is 1. The van der Waals surface area contributed by atoms with E-state index in [0.29, 0.717) is 0 Å². The van der Waals surface area contributed by atoms with Gasteiger partial charge in [0.25, 0.3) is 5.91 Å². The SMILES string of the molecule is Cc1ccccc1C(=O)NCC1(CBr)CCCC1. The molecule has 0 spiro atoms. The maximum Gasteiger partial charge on any atom is 0.251 e. The first kappa shape index (κ1) is 13.6. The van der Waals surface area contributed by atoms with Crippen molar-refractivity contribution in [3.63, 3.8) is 0 Å². The minimum Gasteiger partial charge on any atom is -0.351 e. The molecule has 2 nitrogen and oxygen atoms in total. The average molecular weight is 310 g/mol. The van der Waals surface area contributed by atoms with Gasteiger partial charge < -0.3 is 5.32 Å². The Morgan fingerprint density at radius 3 is 2.61 bits per heavy atom. The number of amides is 1. The third-order valence-corrected chi connectivity index (χ3v) is 5.15. The maximum absolute atomic E-state index is 12.2. The predicted octanol–water partition coefficient (Wildman–Crippen LogP) is 3.68. The number of benzene rings is 1. The summed E-state index contributed by atoms with van der Waals surface area (Å²) in [5.41, 5.74) is 2.10. The molecule has 0 unspecified atom stereocenters. The van der Waals surface area contributed by atoms with Gasteiger partial charge in [-0.15, -0.1) is 0 Å². The predicted molar refractivity (Wildman–Crippen MR) is 78.2 cm³/mol. The summed E-state index contributed by atoms with van der Waals surface area (Å²) < 4.78 is 0. The van der Waals surface area contributed by atoms with Gasteiger partial charge in [-0.2, -0.15) is 0 Å². The number of hydrogen-bond acceptors (Lipinski definition) is 1. The highest BCUT2D eigenvalue weighted by atomic mass is 79.9. The van der Waals surface area contributed by atoms with Gasteiger partial charge in [0.05, 0.1) is 0 Å². The Kier molecular flexibility index (Phi) is 4.44. The second-order valence-corrected chi connectivity index (χ2v) is 5.90. The van der Waals surface area contributed by atoms with E-state index in [2.05, 4.69) is 21.2 Å². The second kappa shape index (κ2) is 5.87. The largest absolute Gasteiger partial charge is 0.351 e. The van der Waals surface area contributed by atoms with Gasteiger partial charge in [0.15, 0.2) is 0 Å². The van der Waals surface area contributed by atoms with Crippen molar-refractivity contribution in [3.05, 3.63) is 35.4 Å². The number of carbonyl (C=O) groups excluding carboxylic acids is 1. The maximum atomic E-state index is 12.2. The molecule has 1 aliphatic carbocycles. The van der Waals surface area contributed by atoms with E-state index in [4.69, 9.17) is 0 Å². The van der Waals surface area contributed by atoms with E-state index in [1.165, 1.54) is 25.7 Å². The van der Waals surface area contributed by atoms with E-state index in [0.717, 1.165) is 23.0 Å². The monoisotopic (exact) mass is 309 g/mol. The summed E-state index contributed by atoms with van der Waals surface area (Å²) in [5, 5.41) is 4.08. The van der Waals surface area contributed by atoms with Crippen molar-refractivity contribution in [2.45, 2.75) is 32.6 Å². The lowest BCUT2D eigenvalue weighted by atomic mass is 9.88. The molecule has 1 aromatic rings. The van der Waals surface area contributed by atoms with Gasteiger partial charge >= 0.3 is 0 Å². The minimum atomic E-state index is 0.0559. The van der Waals surface area contributed by atoms with Crippen LogP contribution < -0.4 is 5.32 Å². The zero-order valence-electron chi connectivity index (χ0n) is 10.8. The summed E-state index contributed by atoms with van der Waals surface area (Å²) in [4.78, 5) is 12.2. The van der Waals surface area contributed by atoms with Gasteiger partial charge in [0.1, 0.15) is 0 Å². The van der Waals surface area contributed by atoms with E-state index >= 15 is 0 Å².